The van der Waals surface area contributed by atoms with Crippen molar-refractivity contribution in [1.82, 2.24) is 0 Å². The Labute approximate surface area is 101 Å². The topological polar surface area (TPSA) is 89.4 Å². The van der Waals surface area contributed by atoms with Gasteiger partial charge >= 0.3 is 0 Å². The molecule has 0 saturated carbocycles. The fourth-order valence-corrected chi connectivity index (χ4v) is 2.52. The summed E-state index contributed by atoms with van der Waals surface area (Å²) in [5, 5.41) is 5.05. The minimum atomic E-state index is -3.60. The molecule has 0 unspecified atom stereocenters. The van der Waals surface area contributed by atoms with E-state index < -0.39 is 10.0 Å². The molecule has 0 aromatic heterocycles. The normalized spacial score (nSPS) is 18.4. The van der Waals surface area contributed by atoms with Crippen LogP contribution in [-0.4, -0.2) is 27.5 Å². The number of sulfonamides is 1. The quantitative estimate of drug-likeness (QED) is 0.793. The molecular formula is C11H17N3O2S. The predicted octanol–water partition coefficient (Wildman–Crippen LogP) is 0.262. The number of anilines is 1. The molecule has 1 aromatic carbocycles. The summed E-state index contributed by atoms with van der Waals surface area (Å²) >= 11 is 0. The Kier molecular flexibility index (Phi) is 3.37. The van der Waals surface area contributed by atoms with E-state index in [1.165, 1.54) is 0 Å². The van der Waals surface area contributed by atoms with Gasteiger partial charge < -0.3 is 10.6 Å². The largest absolute Gasteiger partial charge is 0.371 e. The van der Waals surface area contributed by atoms with Gasteiger partial charge in [0.05, 0.1) is 4.90 Å². The molecule has 0 bridgehead atoms. The van der Waals surface area contributed by atoms with Crippen LogP contribution in [0.5, 0.6) is 0 Å². The highest BCUT2D eigenvalue weighted by Crippen LogP contribution is 2.20. The highest BCUT2D eigenvalue weighted by molar-refractivity contribution is 7.89. The standard InChI is InChI=1S/C11H17N3O2S/c12-9-5-7-14(8-6-9)10-1-3-11(4-2-10)17(13,15)16/h1-4,9H,5-8,12H2,(H2,13,15,16). The van der Waals surface area contributed by atoms with Crippen molar-refractivity contribution >= 4 is 15.7 Å². The van der Waals surface area contributed by atoms with Crippen molar-refractivity contribution in [3.63, 3.8) is 0 Å². The molecule has 0 spiro atoms. The second-order valence-corrected chi connectivity index (χ2v) is 5.92. The highest BCUT2D eigenvalue weighted by Gasteiger charge is 2.16. The number of rotatable bonds is 2. The molecule has 1 aliphatic heterocycles. The Bertz CT molecular complexity index is 476. The molecule has 1 aliphatic rings. The molecule has 0 atom stereocenters. The van der Waals surface area contributed by atoms with Gasteiger partial charge in [0.2, 0.25) is 10.0 Å². The number of piperidine rings is 1. The van der Waals surface area contributed by atoms with E-state index in [0.717, 1.165) is 31.6 Å². The van der Waals surface area contributed by atoms with Crippen LogP contribution in [-0.2, 0) is 10.0 Å². The molecule has 1 heterocycles. The first-order valence-electron chi connectivity index (χ1n) is 5.60. The minimum Gasteiger partial charge on any atom is -0.371 e. The van der Waals surface area contributed by atoms with Gasteiger partial charge in [-0.1, -0.05) is 0 Å². The molecule has 6 heteroatoms. The van der Waals surface area contributed by atoms with Gasteiger partial charge in [-0.3, -0.25) is 0 Å². The molecule has 17 heavy (non-hydrogen) atoms. The molecule has 0 radical (unpaired) electrons. The molecule has 0 aliphatic carbocycles. The van der Waals surface area contributed by atoms with Crippen LogP contribution in [0.15, 0.2) is 29.2 Å². The fraction of sp³-hybridized carbons (Fsp3) is 0.455. The SMILES string of the molecule is NC1CCN(c2ccc(S(N)(=O)=O)cc2)CC1. The van der Waals surface area contributed by atoms with Crippen molar-refractivity contribution < 1.29 is 8.42 Å². The number of hydrogen-bond acceptors (Lipinski definition) is 4. The van der Waals surface area contributed by atoms with Crippen molar-refractivity contribution in [3.8, 4) is 0 Å². The van der Waals surface area contributed by atoms with E-state index in [9.17, 15) is 8.42 Å². The summed E-state index contributed by atoms with van der Waals surface area (Å²) in [6.45, 7) is 1.83. The number of hydrogen-bond donors (Lipinski definition) is 2. The lowest BCUT2D eigenvalue weighted by Gasteiger charge is -2.32. The van der Waals surface area contributed by atoms with Gasteiger partial charge in [0, 0.05) is 24.8 Å². The first-order valence-corrected chi connectivity index (χ1v) is 7.15. The average Bonchev–Trinajstić information content (AvgIpc) is 2.29. The molecule has 0 amide bonds. The van der Waals surface area contributed by atoms with E-state index in [2.05, 4.69) is 4.90 Å². The van der Waals surface area contributed by atoms with E-state index in [-0.39, 0.29) is 10.9 Å². The Morgan fingerprint density at radius 1 is 1.12 bits per heavy atom. The highest BCUT2D eigenvalue weighted by atomic mass is 32.2. The maximum absolute atomic E-state index is 11.1. The Hall–Kier alpha value is -1.11. The zero-order chi connectivity index (χ0) is 12.5. The minimum absolute atomic E-state index is 0.148. The zero-order valence-corrected chi connectivity index (χ0v) is 10.4. The van der Waals surface area contributed by atoms with Crippen LogP contribution in [0.4, 0.5) is 5.69 Å². The monoisotopic (exact) mass is 255 g/mol. The van der Waals surface area contributed by atoms with Crippen molar-refractivity contribution in [1.29, 1.82) is 0 Å². The molecule has 94 valence electrons. The van der Waals surface area contributed by atoms with Gasteiger partial charge in [-0.05, 0) is 37.1 Å². The maximum atomic E-state index is 11.1. The van der Waals surface area contributed by atoms with Crippen molar-refractivity contribution in [2.45, 2.75) is 23.8 Å². The Morgan fingerprint density at radius 2 is 1.65 bits per heavy atom. The molecule has 1 aromatic rings. The summed E-state index contributed by atoms with van der Waals surface area (Å²) in [6, 6.07) is 6.95. The van der Waals surface area contributed by atoms with Crippen LogP contribution >= 0.6 is 0 Å². The van der Waals surface area contributed by atoms with E-state index in [0.29, 0.717) is 0 Å². The van der Waals surface area contributed by atoms with E-state index in [1.807, 2.05) is 0 Å². The van der Waals surface area contributed by atoms with Gasteiger partial charge in [-0.2, -0.15) is 0 Å². The summed E-state index contributed by atoms with van der Waals surface area (Å²) in [5.41, 5.74) is 6.85. The summed E-state index contributed by atoms with van der Waals surface area (Å²) in [4.78, 5) is 2.35. The van der Waals surface area contributed by atoms with E-state index >= 15 is 0 Å². The average molecular weight is 255 g/mol. The molecule has 4 N–H and O–H groups in total. The number of benzene rings is 1. The molecule has 1 saturated heterocycles. The summed E-state index contributed by atoms with van der Waals surface area (Å²) in [6.07, 6.45) is 1.94. The summed E-state index contributed by atoms with van der Waals surface area (Å²) in [5.74, 6) is 0. The van der Waals surface area contributed by atoms with Gasteiger partial charge in [-0.25, -0.2) is 13.6 Å². The van der Waals surface area contributed by atoms with Crippen molar-refractivity contribution in [2.75, 3.05) is 18.0 Å². The van der Waals surface area contributed by atoms with Crippen LogP contribution in [0.1, 0.15) is 12.8 Å². The molecule has 2 rings (SSSR count). The smallest absolute Gasteiger partial charge is 0.238 e. The fourth-order valence-electron chi connectivity index (χ4n) is 2.00. The third kappa shape index (κ3) is 2.96. The lowest BCUT2D eigenvalue weighted by molar-refractivity contribution is 0.501. The van der Waals surface area contributed by atoms with E-state index in [1.54, 1.807) is 24.3 Å². The van der Waals surface area contributed by atoms with E-state index in [4.69, 9.17) is 10.9 Å². The van der Waals surface area contributed by atoms with Gasteiger partial charge in [0.15, 0.2) is 0 Å². The van der Waals surface area contributed by atoms with Crippen LogP contribution in [0, 0.1) is 0 Å². The summed E-state index contributed by atoms with van der Waals surface area (Å²) in [7, 11) is -3.60. The lowest BCUT2D eigenvalue weighted by atomic mass is 10.1. The van der Waals surface area contributed by atoms with Gasteiger partial charge in [0.1, 0.15) is 0 Å². The Morgan fingerprint density at radius 3 is 2.12 bits per heavy atom. The van der Waals surface area contributed by atoms with Crippen LogP contribution in [0.3, 0.4) is 0 Å². The predicted molar refractivity (Wildman–Crippen MR) is 67.2 cm³/mol. The number of primary sulfonamides is 1. The van der Waals surface area contributed by atoms with Gasteiger partial charge in [-0.15, -0.1) is 0 Å². The van der Waals surface area contributed by atoms with Crippen LogP contribution in [0.25, 0.3) is 0 Å². The number of nitrogens with zero attached hydrogens (tertiary/aromatic N) is 1. The Balaban J connectivity index is 2.13. The maximum Gasteiger partial charge on any atom is 0.238 e. The van der Waals surface area contributed by atoms with Crippen molar-refractivity contribution in [3.05, 3.63) is 24.3 Å². The second kappa shape index (κ2) is 4.64. The third-order valence-corrected chi connectivity index (χ3v) is 4.00. The van der Waals surface area contributed by atoms with Crippen molar-refractivity contribution in [2.24, 2.45) is 10.9 Å². The second-order valence-electron chi connectivity index (χ2n) is 4.36. The summed E-state index contributed by atoms with van der Waals surface area (Å²) < 4.78 is 22.2. The first-order chi connectivity index (χ1) is 7.97. The zero-order valence-electron chi connectivity index (χ0n) is 9.54. The van der Waals surface area contributed by atoms with Crippen LogP contribution < -0.4 is 15.8 Å². The first kappa shape index (κ1) is 12.3. The number of nitrogens with two attached hydrogens (primary N) is 2. The molecule has 1 fully saturated rings. The van der Waals surface area contributed by atoms with Gasteiger partial charge in [0.25, 0.3) is 0 Å². The van der Waals surface area contributed by atoms with Crippen LogP contribution in [0.2, 0.25) is 0 Å². The molecular weight excluding hydrogens is 238 g/mol. The third-order valence-electron chi connectivity index (χ3n) is 3.07. The lowest BCUT2D eigenvalue weighted by Crippen LogP contribution is -2.39. The molecule has 5 nitrogen and oxygen atoms in total.